The minimum atomic E-state index is -5.12. The molecule has 1 unspecified atom stereocenters. The van der Waals surface area contributed by atoms with Gasteiger partial charge in [-0.25, -0.2) is 13.2 Å². The molecule has 17 heteroatoms. The molecular weight excluding hydrogens is 675 g/mol. The SMILES string of the molecule is Nc1c(Cc2cccc3ccccc23)c(-c2cccc(C(F)(F)F)c2)c2n(c1=O)C(C(=O)O)CN(C[C@H](O)[C@@H](O)[C@H](O)[C@H](O)CO)S2(=O)=O. The van der Waals surface area contributed by atoms with Crippen LogP contribution in [0, 0.1) is 0 Å². The number of hydrogen-bond acceptors (Lipinski definition) is 10. The van der Waals surface area contributed by atoms with E-state index >= 15 is 0 Å². The normalized spacial score (nSPS) is 18.8. The summed E-state index contributed by atoms with van der Waals surface area (Å²) in [6.07, 6.45) is -13.7. The monoisotopic (exact) mass is 707 g/mol. The molecule has 0 radical (unpaired) electrons. The Morgan fingerprint density at radius 3 is 2.24 bits per heavy atom. The number of pyridine rings is 1. The number of aromatic nitrogens is 1. The second-order valence-electron chi connectivity index (χ2n) is 11.6. The maximum atomic E-state index is 14.4. The van der Waals surface area contributed by atoms with Crippen LogP contribution in [-0.4, -0.2) is 98.0 Å². The van der Waals surface area contributed by atoms with Crippen LogP contribution in [0.25, 0.3) is 21.9 Å². The Labute approximate surface area is 276 Å². The lowest BCUT2D eigenvalue weighted by Crippen LogP contribution is -2.55. The summed E-state index contributed by atoms with van der Waals surface area (Å²) in [6, 6.07) is 13.7. The summed E-state index contributed by atoms with van der Waals surface area (Å²) in [4.78, 5) is 26.4. The van der Waals surface area contributed by atoms with Gasteiger partial charge in [0.2, 0.25) is 0 Å². The van der Waals surface area contributed by atoms with Crippen molar-refractivity contribution < 1.29 is 57.0 Å². The van der Waals surface area contributed by atoms with E-state index in [1.807, 2.05) is 0 Å². The van der Waals surface area contributed by atoms with E-state index in [1.165, 1.54) is 0 Å². The summed E-state index contributed by atoms with van der Waals surface area (Å²) in [7, 11) is -5.12. The van der Waals surface area contributed by atoms with Crippen molar-refractivity contribution in [3.63, 3.8) is 0 Å². The quantitative estimate of drug-likeness (QED) is 0.123. The summed E-state index contributed by atoms with van der Waals surface area (Å²) >= 11 is 0. The number of anilines is 1. The number of nitrogens with zero attached hydrogens (tertiary/aromatic N) is 2. The molecule has 0 aliphatic carbocycles. The first-order valence-corrected chi connectivity index (χ1v) is 16.2. The molecule has 1 aliphatic heterocycles. The zero-order valence-electron chi connectivity index (χ0n) is 25.4. The molecule has 13 nitrogen and oxygen atoms in total. The summed E-state index contributed by atoms with van der Waals surface area (Å²) in [6.45, 7) is -3.13. The van der Waals surface area contributed by atoms with E-state index in [0.717, 1.165) is 23.6 Å². The number of nitrogen functional groups attached to an aromatic ring is 1. The van der Waals surface area contributed by atoms with Crippen LogP contribution < -0.4 is 11.3 Å². The molecule has 1 aromatic heterocycles. The number of benzene rings is 3. The second-order valence-corrected chi connectivity index (χ2v) is 13.5. The molecule has 5 rings (SSSR count). The summed E-state index contributed by atoms with van der Waals surface area (Å²) in [5, 5.41) is 60.5. The largest absolute Gasteiger partial charge is 0.480 e. The van der Waals surface area contributed by atoms with Crippen molar-refractivity contribution in [3.8, 4) is 11.1 Å². The van der Waals surface area contributed by atoms with Crippen molar-refractivity contribution in [3.05, 3.63) is 93.8 Å². The lowest BCUT2D eigenvalue weighted by molar-refractivity contribution is -0.142. The van der Waals surface area contributed by atoms with E-state index in [0.29, 0.717) is 25.9 Å². The van der Waals surface area contributed by atoms with Gasteiger partial charge >= 0.3 is 12.1 Å². The second kappa shape index (κ2) is 13.5. The van der Waals surface area contributed by atoms with Crippen LogP contribution in [0.4, 0.5) is 18.9 Å². The van der Waals surface area contributed by atoms with Crippen molar-refractivity contribution in [1.29, 1.82) is 0 Å². The fourth-order valence-corrected chi connectivity index (χ4v) is 7.87. The van der Waals surface area contributed by atoms with E-state index in [1.54, 1.807) is 42.5 Å². The van der Waals surface area contributed by atoms with Gasteiger partial charge < -0.3 is 36.4 Å². The number of hydrogen-bond donors (Lipinski definition) is 7. The minimum Gasteiger partial charge on any atom is -0.480 e. The van der Waals surface area contributed by atoms with Crippen LogP contribution in [-0.2, 0) is 27.4 Å². The Bertz CT molecular complexity index is 2070. The third kappa shape index (κ3) is 6.65. The first-order chi connectivity index (χ1) is 23.0. The van der Waals surface area contributed by atoms with Gasteiger partial charge in [0.1, 0.15) is 30.0 Å². The molecule has 262 valence electrons. The predicted octanol–water partition coefficient (Wildman–Crippen LogP) is 0.926. The maximum Gasteiger partial charge on any atom is 0.416 e. The molecule has 4 aromatic rings. The molecule has 0 saturated heterocycles. The zero-order chi connectivity index (χ0) is 36.0. The van der Waals surface area contributed by atoms with Gasteiger partial charge in [0.25, 0.3) is 15.6 Å². The van der Waals surface area contributed by atoms with Crippen molar-refractivity contribution in [2.24, 2.45) is 0 Å². The van der Waals surface area contributed by atoms with E-state index in [2.05, 4.69) is 0 Å². The Hall–Kier alpha value is -4.36. The van der Waals surface area contributed by atoms with Crippen molar-refractivity contribution >= 4 is 32.5 Å². The number of carboxylic acid groups (broad SMARTS) is 1. The highest BCUT2D eigenvalue weighted by molar-refractivity contribution is 7.89. The highest BCUT2D eigenvalue weighted by Gasteiger charge is 2.46. The standard InChI is InChI=1S/C32H32F3N3O10S/c33-32(34,35)19-9-4-8-18(11-19)25-21(12-17-7-3-6-16-5-1-2-10-20(16)17)26(36)29(44)38-22(31(45)46)13-37(49(47,48)30(25)38)14-23(40)27(42)28(43)24(41)15-39/h1-11,22-24,27-28,39-43H,12-15,36H2,(H,45,46)/t22?,23-,24+,27+,28+/m0/s1. The van der Waals surface area contributed by atoms with Gasteiger partial charge in [-0.2, -0.15) is 17.5 Å². The van der Waals surface area contributed by atoms with Crippen LogP contribution in [0.3, 0.4) is 0 Å². The van der Waals surface area contributed by atoms with Gasteiger partial charge in [0.05, 0.1) is 18.3 Å². The minimum absolute atomic E-state index is 0.205. The van der Waals surface area contributed by atoms with Crippen molar-refractivity contribution in [1.82, 2.24) is 8.87 Å². The number of nitrogens with two attached hydrogens (primary N) is 1. The number of fused-ring (bicyclic) bond motifs is 2. The molecule has 2 heterocycles. The van der Waals surface area contributed by atoms with E-state index in [9.17, 15) is 56.7 Å². The number of sulfonamides is 1. The number of carbonyl (C=O) groups is 1. The van der Waals surface area contributed by atoms with Gasteiger partial charge in [-0.3, -0.25) is 9.36 Å². The number of halogens is 3. The van der Waals surface area contributed by atoms with Gasteiger partial charge in [-0.05, 0) is 39.6 Å². The van der Waals surface area contributed by atoms with Gasteiger partial charge in [-0.1, -0.05) is 54.6 Å². The van der Waals surface area contributed by atoms with Crippen molar-refractivity contribution in [2.45, 2.75) is 48.1 Å². The summed E-state index contributed by atoms with van der Waals surface area (Å²) in [5.41, 5.74) is 2.77. The Kier molecular flexibility index (Phi) is 9.91. The number of carboxylic acids is 1. The maximum absolute atomic E-state index is 14.4. The van der Waals surface area contributed by atoms with E-state index in [4.69, 9.17) is 10.8 Å². The molecule has 3 aromatic carbocycles. The van der Waals surface area contributed by atoms with Gasteiger partial charge in [0.15, 0.2) is 5.03 Å². The Morgan fingerprint density at radius 1 is 0.959 bits per heavy atom. The molecule has 1 aliphatic rings. The number of aliphatic hydroxyl groups excluding tert-OH is 5. The first kappa shape index (κ1) is 35.9. The highest BCUT2D eigenvalue weighted by Crippen LogP contribution is 2.42. The van der Waals surface area contributed by atoms with Crippen molar-refractivity contribution in [2.75, 3.05) is 25.4 Å². The lowest BCUT2D eigenvalue weighted by atomic mass is 9.92. The molecule has 0 amide bonds. The van der Waals surface area contributed by atoms with Crippen LogP contribution >= 0.6 is 0 Å². The van der Waals surface area contributed by atoms with Crippen LogP contribution in [0.15, 0.2) is 76.6 Å². The van der Waals surface area contributed by atoms with Gasteiger partial charge in [-0.15, -0.1) is 0 Å². The number of rotatable bonds is 10. The molecule has 0 fully saturated rings. The fraction of sp³-hybridized carbons (Fsp3) is 0.312. The van der Waals surface area contributed by atoms with Crippen LogP contribution in [0.2, 0.25) is 0 Å². The van der Waals surface area contributed by atoms with E-state index in [-0.39, 0.29) is 17.5 Å². The molecule has 0 spiro atoms. The third-order valence-electron chi connectivity index (χ3n) is 8.51. The molecule has 5 atom stereocenters. The summed E-state index contributed by atoms with van der Waals surface area (Å²) in [5.74, 6) is -1.73. The number of alkyl halides is 3. The third-order valence-corrected chi connectivity index (χ3v) is 10.4. The average Bonchev–Trinajstić information content (AvgIpc) is 3.06. The first-order valence-electron chi connectivity index (χ1n) is 14.8. The highest BCUT2D eigenvalue weighted by atomic mass is 32.2. The zero-order valence-corrected chi connectivity index (χ0v) is 26.2. The number of β-amino-alcohol motifs (C(OH)–C–C–N with tert-alkyl or cyclic N) is 1. The topological polar surface area (TPSA) is 224 Å². The summed E-state index contributed by atoms with van der Waals surface area (Å²) < 4.78 is 71.5. The molecule has 0 saturated carbocycles. The van der Waals surface area contributed by atoms with E-state index < -0.39 is 99.7 Å². The molecular formula is C32H32F3N3O10S. The predicted molar refractivity (Wildman–Crippen MR) is 169 cm³/mol. The average molecular weight is 708 g/mol. The fourth-order valence-electron chi connectivity index (χ4n) is 5.98. The number of aliphatic hydroxyl groups is 5. The van der Waals surface area contributed by atoms with Gasteiger partial charge in [0, 0.05) is 25.1 Å². The Balaban J connectivity index is 1.81. The molecule has 49 heavy (non-hydrogen) atoms. The smallest absolute Gasteiger partial charge is 0.416 e. The Morgan fingerprint density at radius 2 is 1.59 bits per heavy atom. The van der Waals surface area contributed by atoms with Crippen LogP contribution in [0.5, 0.6) is 0 Å². The lowest BCUT2D eigenvalue weighted by Gasteiger charge is -2.37. The molecule has 8 N–H and O–H groups in total. The molecule has 0 bridgehead atoms. The van der Waals surface area contributed by atoms with Crippen LogP contribution in [0.1, 0.15) is 22.7 Å². The number of aliphatic carboxylic acids is 1.